The van der Waals surface area contributed by atoms with Crippen LogP contribution in [0.25, 0.3) is 0 Å². The fourth-order valence-corrected chi connectivity index (χ4v) is 3.20. The van der Waals surface area contributed by atoms with E-state index in [9.17, 15) is 13.2 Å². The molecule has 18 heavy (non-hydrogen) atoms. The molecule has 5 heteroatoms. The molecule has 1 aromatic rings. The molecule has 1 atom stereocenters. The number of halogens is 3. The van der Waals surface area contributed by atoms with Gasteiger partial charge in [0.15, 0.2) is 0 Å². The summed E-state index contributed by atoms with van der Waals surface area (Å²) in [5.41, 5.74) is 6.03. The van der Waals surface area contributed by atoms with E-state index in [0.717, 1.165) is 30.7 Å². The van der Waals surface area contributed by atoms with E-state index in [-0.39, 0.29) is 0 Å². The van der Waals surface area contributed by atoms with Gasteiger partial charge in [0.25, 0.3) is 0 Å². The predicted octanol–water partition coefficient (Wildman–Crippen LogP) is 2.63. The van der Waals surface area contributed by atoms with Crippen molar-refractivity contribution in [2.75, 3.05) is 11.4 Å². The van der Waals surface area contributed by atoms with Crippen LogP contribution in [0.2, 0.25) is 0 Å². The number of benzene rings is 1. The van der Waals surface area contributed by atoms with Crippen LogP contribution in [-0.2, 0) is 6.18 Å². The van der Waals surface area contributed by atoms with Crippen LogP contribution in [0.4, 0.5) is 18.9 Å². The zero-order valence-corrected chi connectivity index (χ0v) is 9.82. The van der Waals surface area contributed by atoms with Crippen LogP contribution in [0.1, 0.15) is 18.4 Å². The third kappa shape index (κ3) is 1.68. The summed E-state index contributed by atoms with van der Waals surface area (Å²) in [6, 6.07) is 6.20. The van der Waals surface area contributed by atoms with Gasteiger partial charge in [-0.05, 0) is 43.0 Å². The molecule has 3 aliphatic rings. The molecular formula is C13H15F3N2. The Morgan fingerprint density at radius 2 is 1.78 bits per heavy atom. The summed E-state index contributed by atoms with van der Waals surface area (Å²) in [5, 5.41) is 0. The van der Waals surface area contributed by atoms with Crippen molar-refractivity contribution in [3.63, 3.8) is 0 Å². The minimum Gasteiger partial charge on any atom is -0.364 e. The smallest absolute Gasteiger partial charge is 0.364 e. The molecule has 1 saturated carbocycles. The lowest BCUT2D eigenvalue weighted by molar-refractivity contribution is -0.137. The fraction of sp³-hybridized carbons (Fsp3) is 0.538. The van der Waals surface area contributed by atoms with Gasteiger partial charge < -0.3 is 10.6 Å². The number of fused-ring (bicyclic) bond motifs is 1. The highest BCUT2D eigenvalue weighted by Gasteiger charge is 2.49. The third-order valence-corrected chi connectivity index (χ3v) is 4.18. The third-order valence-electron chi connectivity index (χ3n) is 4.18. The highest BCUT2D eigenvalue weighted by atomic mass is 19.4. The monoisotopic (exact) mass is 256 g/mol. The molecule has 1 aliphatic carbocycles. The Kier molecular flexibility index (Phi) is 2.55. The molecule has 2 N–H and O–H groups in total. The van der Waals surface area contributed by atoms with Crippen molar-refractivity contribution < 1.29 is 13.2 Å². The van der Waals surface area contributed by atoms with Gasteiger partial charge in [0.1, 0.15) is 0 Å². The Morgan fingerprint density at radius 3 is 2.28 bits per heavy atom. The van der Waals surface area contributed by atoms with Crippen LogP contribution < -0.4 is 10.6 Å². The molecule has 1 aromatic carbocycles. The van der Waals surface area contributed by atoms with Crippen LogP contribution in [0, 0.1) is 5.92 Å². The van der Waals surface area contributed by atoms with Crippen molar-refractivity contribution in [3.8, 4) is 0 Å². The van der Waals surface area contributed by atoms with Crippen LogP contribution in [0.3, 0.4) is 0 Å². The summed E-state index contributed by atoms with van der Waals surface area (Å²) in [5.74, 6) is 0.627. The average Bonchev–Trinajstić information content (AvgIpc) is 2.80. The summed E-state index contributed by atoms with van der Waals surface area (Å²) >= 11 is 0. The first-order valence-corrected chi connectivity index (χ1v) is 6.16. The van der Waals surface area contributed by atoms with Gasteiger partial charge in [-0.3, -0.25) is 0 Å². The molecule has 2 saturated heterocycles. The van der Waals surface area contributed by atoms with E-state index in [1.54, 1.807) is 12.1 Å². The summed E-state index contributed by atoms with van der Waals surface area (Å²) < 4.78 is 37.5. The molecule has 0 spiro atoms. The minimum absolute atomic E-state index is 0.298. The van der Waals surface area contributed by atoms with E-state index in [2.05, 4.69) is 4.90 Å². The topological polar surface area (TPSA) is 29.3 Å². The summed E-state index contributed by atoms with van der Waals surface area (Å²) in [4.78, 5) is 2.20. The van der Waals surface area contributed by atoms with Crippen LogP contribution in [0.15, 0.2) is 24.3 Å². The van der Waals surface area contributed by atoms with Gasteiger partial charge in [0.2, 0.25) is 0 Å². The van der Waals surface area contributed by atoms with E-state index in [1.165, 1.54) is 0 Å². The van der Waals surface area contributed by atoms with Gasteiger partial charge in [0.05, 0.1) is 5.56 Å². The first-order chi connectivity index (χ1) is 8.50. The molecule has 2 heterocycles. The normalized spacial score (nSPS) is 30.4. The Bertz CT molecular complexity index is 435. The molecule has 0 radical (unpaired) electrons. The van der Waals surface area contributed by atoms with E-state index < -0.39 is 11.7 Å². The van der Waals surface area contributed by atoms with Gasteiger partial charge in [-0.15, -0.1) is 0 Å². The number of alkyl halides is 3. The Morgan fingerprint density at radius 1 is 1.17 bits per heavy atom. The fourth-order valence-electron chi connectivity index (χ4n) is 3.20. The molecule has 3 fully saturated rings. The maximum absolute atomic E-state index is 12.5. The second kappa shape index (κ2) is 3.88. The molecular weight excluding hydrogens is 241 g/mol. The lowest BCUT2D eigenvalue weighted by Crippen LogP contribution is -2.36. The van der Waals surface area contributed by atoms with Crippen LogP contribution in [0.5, 0.6) is 0 Å². The minimum atomic E-state index is -4.26. The number of rotatable bonds is 2. The zero-order chi connectivity index (χ0) is 12.9. The van der Waals surface area contributed by atoms with E-state index in [1.807, 2.05) is 0 Å². The van der Waals surface area contributed by atoms with Crippen molar-refractivity contribution in [1.29, 1.82) is 0 Å². The molecule has 0 aromatic heterocycles. The van der Waals surface area contributed by atoms with Gasteiger partial charge in [-0.25, -0.2) is 0 Å². The van der Waals surface area contributed by atoms with Crippen molar-refractivity contribution >= 4 is 5.69 Å². The molecule has 1 unspecified atom stereocenters. The summed E-state index contributed by atoms with van der Waals surface area (Å²) in [6.45, 7) is 0.572. The maximum Gasteiger partial charge on any atom is 0.416 e. The van der Waals surface area contributed by atoms with Gasteiger partial charge in [-0.2, -0.15) is 13.2 Å². The lowest BCUT2D eigenvalue weighted by Gasteiger charge is -2.28. The maximum atomic E-state index is 12.5. The van der Waals surface area contributed by atoms with Crippen LogP contribution in [-0.4, -0.2) is 18.6 Å². The molecule has 2 nitrogen and oxygen atoms in total. The molecule has 2 bridgehead atoms. The highest BCUT2D eigenvalue weighted by molar-refractivity contribution is 5.53. The number of anilines is 1. The van der Waals surface area contributed by atoms with Crippen LogP contribution >= 0.6 is 0 Å². The number of nitrogens with two attached hydrogens (primary N) is 1. The quantitative estimate of drug-likeness (QED) is 0.881. The first-order valence-electron chi connectivity index (χ1n) is 6.16. The molecule has 4 rings (SSSR count). The molecule has 2 aliphatic heterocycles. The molecule has 98 valence electrons. The van der Waals surface area contributed by atoms with Crippen molar-refractivity contribution in [2.24, 2.45) is 11.7 Å². The summed E-state index contributed by atoms with van der Waals surface area (Å²) in [6.07, 6.45) is -2.01. The Hall–Kier alpha value is -1.23. The SMILES string of the molecule is NCC1C2CC(C2)N1c1ccc(C(F)(F)F)cc1. The van der Waals surface area contributed by atoms with Crippen molar-refractivity contribution in [2.45, 2.75) is 31.1 Å². The second-order valence-corrected chi connectivity index (χ2v) is 5.14. The van der Waals surface area contributed by atoms with Crippen molar-refractivity contribution in [3.05, 3.63) is 29.8 Å². The zero-order valence-electron chi connectivity index (χ0n) is 9.82. The van der Waals surface area contributed by atoms with Gasteiger partial charge in [-0.1, -0.05) is 0 Å². The Balaban J connectivity index is 1.85. The van der Waals surface area contributed by atoms with E-state index >= 15 is 0 Å². The number of nitrogens with zero attached hydrogens (tertiary/aromatic N) is 1. The number of hydrogen-bond acceptors (Lipinski definition) is 2. The van der Waals surface area contributed by atoms with E-state index in [0.29, 0.717) is 24.5 Å². The highest BCUT2D eigenvalue weighted by Crippen LogP contribution is 2.47. The Labute approximate surface area is 104 Å². The van der Waals surface area contributed by atoms with Crippen molar-refractivity contribution in [1.82, 2.24) is 0 Å². The molecule has 0 amide bonds. The number of hydrogen-bond donors (Lipinski definition) is 1. The first kappa shape index (κ1) is 11.8. The van der Waals surface area contributed by atoms with E-state index in [4.69, 9.17) is 5.73 Å². The standard InChI is InChI=1S/C13H15F3N2/c14-13(15,16)9-1-3-10(4-2-9)18-11-5-8(6-11)12(18)7-17/h1-4,8,11-12H,5-7,17H2. The lowest BCUT2D eigenvalue weighted by atomic mass is 9.83. The average molecular weight is 256 g/mol. The second-order valence-electron chi connectivity index (χ2n) is 5.14. The predicted molar refractivity (Wildman–Crippen MR) is 63.3 cm³/mol. The van der Waals surface area contributed by atoms with Gasteiger partial charge >= 0.3 is 6.18 Å². The summed E-state index contributed by atoms with van der Waals surface area (Å²) in [7, 11) is 0. The van der Waals surface area contributed by atoms with Gasteiger partial charge in [0, 0.05) is 24.3 Å². The largest absolute Gasteiger partial charge is 0.416 e.